The van der Waals surface area contributed by atoms with Gasteiger partial charge >= 0.3 is 0 Å². The van der Waals surface area contributed by atoms with Crippen LogP contribution in [-0.4, -0.2) is 56.3 Å². The summed E-state index contributed by atoms with van der Waals surface area (Å²) in [5, 5.41) is 29.6. The van der Waals surface area contributed by atoms with Gasteiger partial charge in [-0.2, -0.15) is 0 Å². The molecule has 3 N–H and O–H groups in total. The lowest BCUT2D eigenvalue weighted by Gasteiger charge is -2.42. The Balaban J connectivity index is 2.13. The zero-order chi connectivity index (χ0) is 34.1. The van der Waals surface area contributed by atoms with Gasteiger partial charge in [-0.3, -0.25) is 9.59 Å². The first-order chi connectivity index (χ1) is 20.8. The van der Waals surface area contributed by atoms with Crippen molar-refractivity contribution in [3.63, 3.8) is 0 Å². The highest BCUT2D eigenvalue weighted by molar-refractivity contribution is 7.09. The zero-order valence-corrected chi connectivity index (χ0v) is 29.9. The van der Waals surface area contributed by atoms with Crippen LogP contribution in [0.5, 0.6) is 0 Å². The van der Waals surface area contributed by atoms with E-state index in [-0.39, 0.29) is 23.2 Å². The van der Waals surface area contributed by atoms with Gasteiger partial charge in [0.1, 0.15) is 5.78 Å². The number of hydrogen-bond acceptors (Lipinski definition) is 7. The number of carbonyl (C=O) groups is 2. The van der Waals surface area contributed by atoms with E-state index in [2.05, 4.69) is 39.9 Å². The summed E-state index contributed by atoms with van der Waals surface area (Å²) in [5.41, 5.74) is -0.470. The van der Waals surface area contributed by atoms with E-state index >= 15 is 0 Å². The molecule has 44 heavy (non-hydrogen) atoms. The number of ether oxygens (including phenoxy) is 1. The number of ketones is 1. The van der Waals surface area contributed by atoms with E-state index in [4.69, 9.17) is 9.72 Å². The molecule has 0 aliphatic carbocycles. The minimum Gasteiger partial charge on any atom is -0.392 e. The van der Waals surface area contributed by atoms with Crippen LogP contribution in [0.1, 0.15) is 139 Å². The SMILES string of the molecule is [2H]C1(C)C(=O)N[C@H](/C(=C/c2csc(C(C)C)n2)CC)C[C@]2(C)O[C@]2(CC)CCC[C@H](CC)[C@H](O)[C@@H](C)C(=O)C(C)(C(C)C)[C@H]1O. The molecule has 9 atom stereocenters. The van der Waals surface area contributed by atoms with Gasteiger partial charge in [0.2, 0.25) is 5.91 Å². The molecular formula is C36H60N2O5S. The minimum atomic E-state index is -2.05. The van der Waals surface area contributed by atoms with Crippen molar-refractivity contribution in [2.75, 3.05) is 0 Å². The lowest BCUT2D eigenvalue weighted by molar-refractivity contribution is -0.153. The van der Waals surface area contributed by atoms with Gasteiger partial charge in [0.15, 0.2) is 0 Å². The molecule has 8 heteroatoms. The van der Waals surface area contributed by atoms with Gasteiger partial charge in [-0.1, -0.05) is 75.2 Å². The number of aliphatic hydroxyl groups is 2. The Morgan fingerprint density at radius 3 is 2.39 bits per heavy atom. The van der Waals surface area contributed by atoms with E-state index in [9.17, 15) is 21.2 Å². The number of fused-ring (bicyclic) bond motifs is 1. The van der Waals surface area contributed by atoms with Crippen LogP contribution in [0.2, 0.25) is 0 Å². The number of hydrogen-bond donors (Lipinski definition) is 3. The van der Waals surface area contributed by atoms with Crippen LogP contribution >= 0.6 is 11.3 Å². The van der Waals surface area contributed by atoms with Crippen molar-refractivity contribution in [1.82, 2.24) is 10.3 Å². The van der Waals surface area contributed by atoms with Gasteiger partial charge in [0.05, 0.1) is 51.5 Å². The second-order valence-corrected chi connectivity index (χ2v) is 15.4. The van der Waals surface area contributed by atoms with Crippen molar-refractivity contribution < 1.29 is 25.9 Å². The molecule has 0 aromatic carbocycles. The average Bonchev–Trinajstić information content (AvgIpc) is 3.30. The molecule has 0 bridgehead atoms. The van der Waals surface area contributed by atoms with Gasteiger partial charge in [-0.05, 0) is 63.0 Å². The van der Waals surface area contributed by atoms with E-state index in [1.165, 1.54) is 6.92 Å². The van der Waals surface area contributed by atoms with Crippen molar-refractivity contribution in [2.45, 2.75) is 156 Å². The minimum absolute atomic E-state index is 0.0915. The largest absolute Gasteiger partial charge is 0.392 e. The monoisotopic (exact) mass is 633 g/mol. The Kier molecular flexibility index (Phi) is 11.6. The van der Waals surface area contributed by atoms with Gasteiger partial charge in [0.25, 0.3) is 0 Å². The molecule has 2 aliphatic rings. The lowest BCUT2D eigenvalue weighted by atomic mass is 9.63. The molecule has 0 saturated carbocycles. The van der Waals surface area contributed by atoms with Crippen molar-refractivity contribution in [1.29, 1.82) is 0 Å². The third-order valence-electron chi connectivity index (χ3n) is 11.2. The van der Waals surface area contributed by atoms with E-state index in [1.807, 2.05) is 32.2 Å². The molecule has 250 valence electrons. The van der Waals surface area contributed by atoms with E-state index in [1.54, 1.807) is 25.2 Å². The number of aromatic nitrogens is 1. The molecule has 0 radical (unpaired) electrons. The number of nitrogens with zero attached hydrogens (tertiary/aromatic N) is 1. The fourth-order valence-electron chi connectivity index (χ4n) is 7.41. The number of rotatable bonds is 7. The summed E-state index contributed by atoms with van der Waals surface area (Å²) >= 11 is 1.62. The summed E-state index contributed by atoms with van der Waals surface area (Å²) < 4.78 is 15.9. The third kappa shape index (κ3) is 7.19. The van der Waals surface area contributed by atoms with Gasteiger partial charge in [-0.25, -0.2) is 4.98 Å². The summed E-state index contributed by atoms with van der Waals surface area (Å²) in [6, 6.07) is -0.458. The molecule has 3 rings (SSSR count). The van der Waals surface area contributed by atoms with Gasteiger partial charge < -0.3 is 20.3 Å². The highest BCUT2D eigenvalue weighted by Gasteiger charge is 2.65. The maximum atomic E-state index is 14.2. The van der Waals surface area contributed by atoms with Gasteiger partial charge in [-0.15, -0.1) is 11.3 Å². The average molecular weight is 634 g/mol. The second-order valence-electron chi connectivity index (χ2n) is 14.5. The normalized spacial score (nSPS) is 40.1. The number of thiazole rings is 1. The Hall–Kier alpha value is -1.61. The topological polar surface area (TPSA) is 112 Å². The molecule has 1 aromatic heterocycles. The molecule has 7 nitrogen and oxygen atoms in total. The maximum absolute atomic E-state index is 14.2. The standard InChI is InChI=1S/C36H60N2O5S/c1-12-25-16-15-17-36(14-3)34(10,43-36)19-28(26(13-2)18-27-20-44-33(37-27)21(4)5)38-32(42)24(9)31(41)35(11,22(6)7)30(40)23(8)29(25)39/h18,20-25,28-29,31,39,41H,12-17,19H2,1-11H3,(H,38,42)/b26-18+/t23-,24?,25+,28+,29-,31+,34+,35?,36-/m1/s1/i24D. The number of Topliss-reactive ketones (excluding diaryl/α,β-unsaturated/α-hetero) is 1. The van der Waals surface area contributed by atoms with Crippen LogP contribution in [0.15, 0.2) is 11.0 Å². The van der Waals surface area contributed by atoms with Crippen molar-refractivity contribution in [3.05, 3.63) is 21.7 Å². The summed E-state index contributed by atoms with van der Waals surface area (Å²) in [5.74, 6) is -3.92. The Labute approximate surface area is 272 Å². The molecule has 1 aromatic rings. The number of carbonyl (C=O) groups excluding carboxylic acids is 2. The summed E-state index contributed by atoms with van der Waals surface area (Å²) in [6.45, 7) is 21.0. The molecule has 2 fully saturated rings. The van der Waals surface area contributed by atoms with Crippen LogP contribution < -0.4 is 5.32 Å². The fourth-order valence-corrected chi connectivity index (χ4v) is 8.20. The highest BCUT2D eigenvalue weighted by atomic mass is 32.1. The van der Waals surface area contributed by atoms with Crippen LogP contribution in [-0.2, 0) is 14.3 Å². The predicted octanol–water partition coefficient (Wildman–Crippen LogP) is 7.31. The van der Waals surface area contributed by atoms with Crippen LogP contribution in [0.3, 0.4) is 0 Å². The van der Waals surface area contributed by atoms with E-state index in [0.717, 1.165) is 48.4 Å². The number of amides is 1. The summed E-state index contributed by atoms with van der Waals surface area (Å²) in [7, 11) is 0. The Bertz CT molecular complexity index is 1230. The smallest absolute Gasteiger partial charge is 0.225 e. The molecule has 2 aliphatic heterocycles. The van der Waals surface area contributed by atoms with Crippen LogP contribution in [0.4, 0.5) is 0 Å². The lowest BCUT2D eigenvalue weighted by Crippen LogP contribution is -2.55. The summed E-state index contributed by atoms with van der Waals surface area (Å²) in [4.78, 5) is 33.1. The molecular weight excluding hydrogens is 572 g/mol. The second kappa shape index (κ2) is 14.4. The molecule has 0 spiro atoms. The number of epoxide rings is 1. The summed E-state index contributed by atoms with van der Waals surface area (Å²) in [6.07, 6.45) is 4.67. The molecule has 2 unspecified atom stereocenters. The molecule has 1 amide bonds. The number of nitrogens with one attached hydrogen (secondary N) is 1. The zero-order valence-electron chi connectivity index (χ0n) is 30.1. The maximum Gasteiger partial charge on any atom is 0.225 e. The first-order valence-electron chi connectivity index (χ1n) is 17.4. The van der Waals surface area contributed by atoms with E-state index in [0.29, 0.717) is 18.8 Å². The predicted molar refractivity (Wildman–Crippen MR) is 179 cm³/mol. The Morgan fingerprint density at radius 1 is 1.20 bits per heavy atom. The first-order valence-corrected chi connectivity index (χ1v) is 17.8. The van der Waals surface area contributed by atoms with Crippen LogP contribution in [0.25, 0.3) is 6.08 Å². The van der Waals surface area contributed by atoms with Crippen molar-refractivity contribution in [3.8, 4) is 0 Å². The third-order valence-corrected chi connectivity index (χ3v) is 12.4. The Morgan fingerprint density at radius 2 is 1.86 bits per heavy atom. The first kappa shape index (κ1) is 35.2. The quantitative estimate of drug-likeness (QED) is 0.272. The highest BCUT2D eigenvalue weighted by Crippen LogP contribution is 2.57. The molecule has 2 saturated heterocycles. The van der Waals surface area contributed by atoms with Gasteiger partial charge in [0, 0.05) is 25.0 Å². The fraction of sp³-hybridized carbons (Fsp3) is 0.806. The van der Waals surface area contributed by atoms with Crippen molar-refractivity contribution >= 4 is 29.1 Å². The molecule has 3 heterocycles. The number of aliphatic hydroxyl groups excluding tert-OH is 2. The van der Waals surface area contributed by atoms with E-state index < -0.39 is 47.0 Å². The van der Waals surface area contributed by atoms with Crippen molar-refractivity contribution in [2.24, 2.45) is 29.1 Å². The van der Waals surface area contributed by atoms with Crippen LogP contribution in [0, 0.1) is 29.1 Å².